The zero-order valence-electron chi connectivity index (χ0n) is 9.79. The van der Waals surface area contributed by atoms with Crippen molar-refractivity contribution >= 4 is 15.9 Å². The molecule has 0 atom stereocenters. The molecule has 0 unspecified atom stereocenters. The molecule has 0 aliphatic rings. The van der Waals surface area contributed by atoms with Crippen LogP contribution in [0.5, 0.6) is 5.75 Å². The topological polar surface area (TPSA) is 21.3 Å². The van der Waals surface area contributed by atoms with Crippen molar-refractivity contribution in [3.8, 4) is 5.75 Å². The Balaban J connectivity index is 2.60. The number of rotatable bonds is 6. The van der Waals surface area contributed by atoms with Gasteiger partial charge in [0.2, 0.25) is 0 Å². The molecule has 1 aromatic carbocycles. The van der Waals surface area contributed by atoms with Crippen LogP contribution in [-0.2, 0) is 6.54 Å². The van der Waals surface area contributed by atoms with Gasteiger partial charge in [-0.3, -0.25) is 0 Å². The minimum absolute atomic E-state index is 0.613. The van der Waals surface area contributed by atoms with Gasteiger partial charge in [0, 0.05) is 6.54 Å². The van der Waals surface area contributed by atoms with Crippen molar-refractivity contribution in [1.29, 1.82) is 0 Å². The maximum Gasteiger partial charge on any atom is 0.133 e. The highest BCUT2D eigenvalue weighted by Crippen LogP contribution is 2.25. The summed E-state index contributed by atoms with van der Waals surface area (Å²) in [6.45, 7) is 6.57. The molecule has 1 rings (SSSR count). The number of hydrogen-bond donors (Lipinski definition) is 1. The van der Waals surface area contributed by atoms with Crippen molar-refractivity contribution in [3.05, 3.63) is 40.4 Å². The van der Waals surface area contributed by atoms with E-state index in [0.717, 1.165) is 23.3 Å². The molecular weight excluding hydrogens is 266 g/mol. The van der Waals surface area contributed by atoms with Crippen LogP contribution in [0.3, 0.4) is 0 Å². The first-order chi connectivity index (χ1) is 7.77. The zero-order chi connectivity index (χ0) is 11.8. The monoisotopic (exact) mass is 283 g/mol. The Morgan fingerprint density at radius 3 is 2.88 bits per heavy atom. The summed E-state index contributed by atoms with van der Waals surface area (Å²) < 4.78 is 6.59. The van der Waals surface area contributed by atoms with Crippen molar-refractivity contribution < 1.29 is 4.74 Å². The summed E-state index contributed by atoms with van der Waals surface area (Å²) in [6.07, 6.45) is 3.96. The summed E-state index contributed by atoms with van der Waals surface area (Å²) in [5.74, 6) is 0.887. The van der Waals surface area contributed by atoms with Gasteiger partial charge >= 0.3 is 0 Å². The maximum atomic E-state index is 5.58. The first kappa shape index (κ1) is 13.3. The Labute approximate surface area is 106 Å². The average Bonchev–Trinajstić information content (AvgIpc) is 2.29. The third-order valence-electron chi connectivity index (χ3n) is 2.15. The number of ether oxygens (including phenoxy) is 1. The van der Waals surface area contributed by atoms with Crippen molar-refractivity contribution in [2.24, 2.45) is 0 Å². The lowest BCUT2D eigenvalue weighted by atomic mass is 10.2. The highest BCUT2D eigenvalue weighted by atomic mass is 79.9. The lowest BCUT2D eigenvalue weighted by Crippen LogP contribution is -2.11. The molecule has 0 aliphatic heterocycles. The van der Waals surface area contributed by atoms with Crippen molar-refractivity contribution in [1.82, 2.24) is 5.32 Å². The van der Waals surface area contributed by atoms with Crippen LogP contribution in [-0.4, -0.2) is 13.2 Å². The first-order valence-corrected chi connectivity index (χ1v) is 6.30. The van der Waals surface area contributed by atoms with Crippen LogP contribution in [0, 0.1) is 0 Å². The third-order valence-corrected chi connectivity index (χ3v) is 2.77. The van der Waals surface area contributed by atoms with E-state index < -0.39 is 0 Å². The standard InChI is InChI=1S/C13H18BrNO/c1-3-5-8-16-13-7-6-11(9-12(13)14)10-15-4-2/h3,5-7,9,15H,4,8,10H2,1-2H3. The molecule has 0 aromatic heterocycles. The summed E-state index contributed by atoms with van der Waals surface area (Å²) >= 11 is 3.51. The van der Waals surface area contributed by atoms with Gasteiger partial charge in [-0.1, -0.05) is 25.1 Å². The normalized spacial score (nSPS) is 10.9. The predicted molar refractivity (Wildman–Crippen MR) is 71.8 cm³/mol. The second-order valence-corrected chi connectivity index (χ2v) is 4.28. The Hall–Kier alpha value is -0.800. The van der Waals surface area contributed by atoms with Crippen molar-refractivity contribution in [2.75, 3.05) is 13.2 Å². The second-order valence-electron chi connectivity index (χ2n) is 3.43. The van der Waals surface area contributed by atoms with Crippen LogP contribution in [0.1, 0.15) is 19.4 Å². The van der Waals surface area contributed by atoms with E-state index in [9.17, 15) is 0 Å². The number of nitrogens with one attached hydrogen (secondary N) is 1. The van der Waals surface area contributed by atoms with Crippen LogP contribution < -0.4 is 10.1 Å². The molecule has 3 heteroatoms. The van der Waals surface area contributed by atoms with Gasteiger partial charge in [-0.25, -0.2) is 0 Å². The molecule has 1 aromatic rings. The van der Waals surface area contributed by atoms with Crippen molar-refractivity contribution in [2.45, 2.75) is 20.4 Å². The molecule has 0 radical (unpaired) electrons. The van der Waals surface area contributed by atoms with Gasteiger partial charge in [0.15, 0.2) is 0 Å². The van der Waals surface area contributed by atoms with E-state index in [1.165, 1.54) is 5.56 Å². The fraction of sp³-hybridized carbons (Fsp3) is 0.385. The largest absolute Gasteiger partial charge is 0.488 e. The molecule has 2 nitrogen and oxygen atoms in total. The summed E-state index contributed by atoms with van der Waals surface area (Å²) in [5, 5.41) is 3.29. The molecule has 0 bridgehead atoms. The van der Waals surface area contributed by atoms with Crippen LogP contribution >= 0.6 is 15.9 Å². The molecule has 0 spiro atoms. The van der Waals surface area contributed by atoms with Gasteiger partial charge in [0.05, 0.1) is 4.47 Å². The summed E-state index contributed by atoms with van der Waals surface area (Å²) in [4.78, 5) is 0. The molecule has 0 saturated heterocycles. The highest BCUT2D eigenvalue weighted by molar-refractivity contribution is 9.10. The van der Waals surface area contributed by atoms with Crippen molar-refractivity contribution in [3.63, 3.8) is 0 Å². The minimum atomic E-state index is 0.613. The molecule has 0 aliphatic carbocycles. The fourth-order valence-electron chi connectivity index (χ4n) is 1.27. The van der Waals surface area contributed by atoms with Gasteiger partial charge in [-0.2, -0.15) is 0 Å². The van der Waals surface area contributed by atoms with E-state index in [1.54, 1.807) is 0 Å². The lowest BCUT2D eigenvalue weighted by Gasteiger charge is -2.08. The quantitative estimate of drug-likeness (QED) is 0.807. The molecule has 0 amide bonds. The number of benzene rings is 1. The Morgan fingerprint density at radius 1 is 1.44 bits per heavy atom. The lowest BCUT2D eigenvalue weighted by molar-refractivity contribution is 0.360. The van der Waals surface area contributed by atoms with Crippen LogP contribution in [0.15, 0.2) is 34.8 Å². The summed E-state index contributed by atoms with van der Waals surface area (Å²) in [6, 6.07) is 6.17. The zero-order valence-corrected chi connectivity index (χ0v) is 11.4. The van der Waals surface area contributed by atoms with E-state index in [0.29, 0.717) is 6.61 Å². The van der Waals surface area contributed by atoms with E-state index >= 15 is 0 Å². The molecule has 16 heavy (non-hydrogen) atoms. The maximum absolute atomic E-state index is 5.58. The SMILES string of the molecule is CC=CCOc1ccc(CNCC)cc1Br. The van der Waals surface area contributed by atoms with Crippen LogP contribution in [0.4, 0.5) is 0 Å². The molecule has 0 saturated carbocycles. The Morgan fingerprint density at radius 2 is 2.25 bits per heavy atom. The molecule has 88 valence electrons. The Kier molecular flexibility index (Phi) is 6.19. The smallest absolute Gasteiger partial charge is 0.133 e. The summed E-state index contributed by atoms with van der Waals surface area (Å²) in [5.41, 5.74) is 1.26. The van der Waals surface area contributed by atoms with Gasteiger partial charge in [0.1, 0.15) is 12.4 Å². The number of hydrogen-bond acceptors (Lipinski definition) is 2. The van der Waals surface area contributed by atoms with Gasteiger partial charge in [-0.05, 0) is 47.1 Å². The minimum Gasteiger partial charge on any atom is -0.488 e. The molecule has 1 N–H and O–H groups in total. The molecular formula is C13H18BrNO. The predicted octanol–water partition coefficient (Wildman–Crippen LogP) is 3.51. The van der Waals surface area contributed by atoms with Crippen LogP contribution in [0.25, 0.3) is 0 Å². The average molecular weight is 284 g/mol. The molecule has 0 heterocycles. The van der Waals surface area contributed by atoms with Gasteiger partial charge in [-0.15, -0.1) is 0 Å². The van der Waals surface area contributed by atoms with Gasteiger partial charge < -0.3 is 10.1 Å². The third kappa shape index (κ3) is 4.37. The second kappa shape index (κ2) is 7.47. The number of allylic oxidation sites excluding steroid dienone is 1. The van der Waals surface area contributed by atoms with E-state index in [2.05, 4.69) is 40.3 Å². The highest BCUT2D eigenvalue weighted by Gasteiger charge is 2.01. The molecule has 0 fully saturated rings. The van der Waals surface area contributed by atoms with Gasteiger partial charge in [0.25, 0.3) is 0 Å². The first-order valence-electron chi connectivity index (χ1n) is 5.51. The van der Waals surface area contributed by atoms with E-state index in [4.69, 9.17) is 4.74 Å². The van der Waals surface area contributed by atoms with Crippen LogP contribution in [0.2, 0.25) is 0 Å². The van der Waals surface area contributed by atoms with E-state index in [1.807, 2.05) is 25.1 Å². The number of halogens is 1. The Bertz CT molecular complexity index is 350. The summed E-state index contributed by atoms with van der Waals surface area (Å²) in [7, 11) is 0. The fourth-order valence-corrected chi connectivity index (χ4v) is 1.82. The van der Waals surface area contributed by atoms with E-state index in [-0.39, 0.29) is 0 Å².